The van der Waals surface area contributed by atoms with Crippen molar-refractivity contribution < 1.29 is 14.2 Å². The van der Waals surface area contributed by atoms with Crippen LogP contribution in [0.1, 0.15) is 6.42 Å². The van der Waals surface area contributed by atoms with Crippen molar-refractivity contribution >= 4 is 30.9 Å². The number of rotatable bonds is 10. The van der Waals surface area contributed by atoms with Crippen LogP contribution in [0.5, 0.6) is 0 Å². The van der Waals surface area contributed by atoms with E-state index in [4.69, 9.17) is 32.8 Å². The zero-order valence-electron chi connectivity index (χ0n) is 10.3. The van der Waals surface area contributed by atoms with Gasteiger partial charge in [0.05, 0.1) is 6.61 Å². The van der Waals surface area contributed by atoms with E-state index in [1.54, 1.807) is 23.4 Å². The van der Waals surface area contributed by atoms with Gasteiger partial charge in [-0.05, 0) is 20.5 Å². The summed E-state index contributed by atoms with van der Waals surface area (Å²) in [5.41, 5.74) is 0. The predicted octanol–water partition coefficient (Wildman–Crippen LogP) is 1.83. The fourth-order valence-corrected chi connectivity index (χ4v) is 3.87. The van der Waals surface area contributed by atoms with Crippen LogP contribution in [-0.2, 0) is 9.09 Å². The monoisotopic (exact) mass is 306 g/mol. The lowest BCUT2D eigenvalue weighted by Gasteiger charge is -2.33. The quantitative estimate of drug-likeness (QED) is 0.379. The minimum absolute atomic E-state index is 0.0123. The molecule has 0 aliphatic rings. The Morgan fingerprint density at radius 3 is 2.12 bits per heavy atom. The number of aliphatic hydroxyl groups is 1. The number of halogens is 2. The molecule has 0 bridgehead atoms. The smallest absolute Gasteiger partial charge is 0.345 e. The molecule has 17 heavy (non-hydrogen) atoms. The van der Waals surface area contributed by atoms with Gasteiger partial charge in [-0.25, -0.2) is 9.34 Å². The Bertz CT molecular complexity index is 238. The molecule has 5 nitrogen and oxygen atoms in total. The van der Waals surface area contributed by atoms with Crippen molar-refractivity contribution in [2.45, 2.75) is 6.42 Å². The predicted molar refractivity (Wildman–Crippen MR) is 72.0 cm³/mol. The van der Waals surface area contributed by atoms with Gasteiger partial charge in [0.15, 0.2) is 0 Å². The summed E-state index contributed by atoms with van der Waals surface area (Å²) in [6, 6.07) is 0. The third kappa shape index (κ3) is 5.88. The summed E-state index contributed by atoms with van der Waals surface area (Å²) in [6.45, 7) is 1.15. The zero-order chi connectivity index (χ0) is 13.3. The van der Waals surface area contributed by atoms with Crippen LogP contribution >= 0.6 is 30.9 Å². The zero-order valence-corrected chi connectivity index (χ0v) is 12.7. The SMILES string of the molecule is CN(C)P(=O)(OCCCO)N(CCCl)CCCl. The second-order valence-electron chi connectivity index (χ2n) is 3.58. The Morgan fingerprint density at radius 1 is 1.24 bits per heavy atom. The van der Waals surface area contributed by atoms with Gasteiger partial charge in [0.2, 0.25) is 0 Å². The third-order valence-electron chi connectivity index (χ3n) is 2.11. The van der Waals surface area contributed by atoms with Gasteiger partial charge in [0, 0.05) is 31.5 Å². The number of alkyl halides is 2. The van der Waals surface area contributed by atoms with Gasteiger partial charge in [-0.1, -0.05) is 0 Å². The lowest BCUT2D eigenvalue weighted by atomic mass is 10.5. The molecule has 0 aliphatic heterocycles. The fraction of sp³-hybridized carbons (Fsp3) is 1.00. The van der Waals surface area contributed by atoms with E-state index < -0.39 is 7.67 Å². The van der Waals surface area contributed by atoms with Crippen LogP contribution in [-0.4, -0.2) is 66.6 Å². The first-order valence-electron chi connectivity index (χ1n) is 5.43. The molecule has 0 saturated carbocycles. The van der Waals surface area contributed by atoms with Crippen molar-refractivity contribution in [1.29, 1.82) is 0 Å². The van der Waals surface area contributed by atoms with E-state index in [0.29, 0.717) is 31.3 Å². The molecule has 0 aromatic carbocycles. The Morgan fingerprint density at radius 2 is 1.76 bits per heavy atom. The highest BCUT2D eigenvalue weighted by atomic mass is 35.5. The second-order valence-corrected chi connectivity index (χ2v) is 6.94. The molecule has 0 amide bonds. The second kappa shape index (κ2) is 9.56. The Hall–Kier alpha value is 0.650. The van der Waals surface area contributed by atoms with Crippen LogP contribution in [0.2, 0.25) is 0 Å². The number of aliphatic hydroxyl groups excluding tert-OH is 1. The normalized spacial score (nSPS) is 15.5. The molecule has 0 aromatic heterocycles. The van der Waals surface area contributed by atoms with E-state index in [1.807, 2.05) is 0 Å². The highest BCUT2D eigenvalue weighted by molar-refractivity contribution is 7.53. The van der Waals surface area contributed by atoms with Crippen molar-refractivity contribution in [3.63, 3.8) is 0 Å². The summed E-state index contributed by atoms with van der Waals surface area (Å²) >= 11 is 11.4. The summed E-state index contributed by atoms with van der Waals surface area (Å²) in [5, 5.41) is 8.71. The van der Waals surface area contributed by atoms with Crippen molar-refractivity contribution in [3.8, 4) is 0 Å². The van der Waals surface area contributed by atoms with Gasteiger partial charge in [-0.2, -0.15) is 0 Å². The molecule has 8 heteroatoms. The standard InChI is InChI=1S/C9H21Cl2N2O3P/c1-12(2)17(15,16-9-3-8-14)13(6-4-10)7-5-11/h14H,3-9H2,1-2H3. The molecule has 1 N–H and O–H groups in total. The molecule has 1 atom stereocenters. The van der Waals surface area contributed by atoms with Crippen LogP contribution in [0.3, 0.4) is 0 Å². The Labute approximate surface area is 113 Å². The molecule has 0 spiro atoms. The largest absolute Gasteiger partial charge is 0.396 e. The van der Waals surface area contributed by atoms with Crippen molar-refractivity contribution in [2.24, 2.45) is 0 Å². The molecule has 0 fully saturated rings. The molecule has 1 unspecified atom stereocenters. The van der Waals surface area contributed by atoms with E-state index in [1.165, 1.54) is 0 Å². The molecular formula is C9H21Cl2N2O3P. The summed E-state index contributed by atoms with van der Waals surface area (Å²) in [6.07, 6.45) is 0.452. The van der Waals surface area contributed by atoms with E-state index >= 15 is 0 Å². The van der Waals surface area contributed by atoms with Crippen molar-refractivity contribution in [2.75, 3.05) is 52.2 Å². The lowest BCUT2D eigenvalue weighted by molar-refractivity contribution is 0.199. The van der Waals surface area contributed by atoms with E-state index in [9.17, 15) is 4.57 Å². The lowest BCUT2D eigenvalue weighted by Crippen LogP contribution is -2.32. The van der Waals surface area contributed by atoms with Gasteiger partial charge < -0.3 is 9.63 Å². The molecule has 104 valence electrons. The van der Waals surface area contributed by atoms with E-state index in [0.717, 1.165) is 0 Å². The van der Waals surface area contributed by atoms with E-state index in [2.05, 4.69) is 0 Å². The van der Waals surface area contributed by atoms with Gasteiger partial charge in [-0.3, -0.25) is 4.57 Å². The van der Waals surface area contributed by atoms with Gasteiger partial charge in [-0.15, -0.1) is 23.2 Å². The summed E-state index contributed by atoms with van der Waals surface area (Å²) in [7, 11) is 0.302. The molecule has 0 aromatic rings. The maximum absolute atomic E-state index is 12.7. The first-order chi connectivity index (χ1) is 8.02. The third-order valence-corrected chi connectivity index (χ3v) is 5.09. The number of hydrogen-bond donors (Lipinski definition) is 1. The molecular weight excluding hydrogens is 286 g/mol. The average molecular weight is 307 g/mol. The Balaban J connectivity index is 4.68. The van der Waals surface area contributed by atoms with Crippen LogP contribution in [0, 0.1) is 0 Å². The van der Waals surface area contributed by atoms with Crippen LogP contribution in [0.25, 0.3) is 0 Å². The number of nitrogens with zero attached hydrogens (tertiary/aromatic N) is 2. The summed E-state index contributed by atoms with van der Waals surface area (Å²) < 4.78 is 21.3. The molecule has 0 heterocycles. The topological polar surface area (TPSA) is 53.0 Å². The van der Waals surface area contributed by atoms with E-state index in [-0.39, 0.29) is 13.2 Å². The highest BCUT2D eigenvalue weighted by Gasteiger charge is 2.33. The first-order valence-corrected chi connectivity index (χ1v) is 8.03. The summed E-state index contributed by atoms with van der Waals surface area (Å²) in [5.74, 6) is 0.718. The van der Waals surface area contributed by atoms with Gasteiger partial charge >= 0.3 is 7.67 Å². The van der Waals surface area contributed by atoms with Crippen molar-refractivity contribution in [3.05, 3.63) is 0 Å². The molecule has 0 saturated heterocycles. The van der Waals surface area contributed by atoms with Gasteiger partial charge in [0.25, 0.3) is 0 Å². The minimum atomic E-state index is -3.08. The summed E-state index contributed by atoms with van der Waals surface area (Å²) in [4.78, 5) is 0. The molecule has 0 aliphatic carbocycles. The highest BCUT2D eigenvalue weighted by Crippen LogP contribution is 2.52. The van der Waals surface area contributed by atoms with Gasteiger partial charge in [0.1, 0.15) is 0 Å². The van der Waals surface area contributed by atoms with Crippen LogP contribution in [0.4, 0.5) is 0 Å². The number of hydrogen-bond acceptors (Lipinski definition) is 3. The minimum Gasteiger partial charge on any atom is -0.396 e. The van der Waals surface area contributed by atoms with Crippen LogP contribution in [0.15, 0.2) is 0 Å². The average Bonchev–Trinajstić information content (AvgIpc) is 2.28. The maximum Gasteiger partial charge on any atom is 0.345 e. The molecule has 0 rings (SSSR count). The fourth-order valence-electron chi connectivity index (χ4n) is 1.26. The first kappa shape index (κ1) is 17.6. The maximum atomic E-state index is 12.7. The van der Waals surface area contributed by atoms with Crippen LogP contribution < -0.4 is 0 Å². The Kier molecular flexibility index (Phi) is 9.93. The van der Waals surface area contributed by atoms with Crippen molar-refractivity contribution in [1.82, 2.24) is 9.34 Å². The molecule has 0 radical (unpaired) electrons.